The maximum absolute atomic E-state index is 12.3. The van der Waals surface area contributed by atoms with E-state index in [2.05, 4.69) is 11.4 Å². The molecular formula is C14H22N2O3S. The summed E-state index contributed by atoms with van der Waals surface area (Å²) in [6.07, 6.45) is 5.85. The second-order valence-corrected chi connectivity index (χ2v) is 8.32. The van der Waals surface area contributed by atoms with Crippen molar-refractivity contribution in [3.8, 4) is 6.07 Å². The predicted molar refractivity (Wildman–Crippen MR) is 75.5 cm³/mol. The van der Waals surface area contributed by atoms with Crippen LogP contribution in [0.3, 0.4) is 0 Å². The maximum atomic E-state index is 12.3. The summed E-state index contributed by atoms with van der Waals surface area (Å²) < 4.78 is 22.8. The first kappa shape index (κ1) is 15.3. The van der Waals surface area contributed by atoms with Crippen LogP contribution in [-0.4, -0.2) is 32.4 Å². The smallest absolute Gasteiger partial charge is 0.240 e. The molecule has 5 nitrogen and oxygen atoms in total. The molecule has 1 aliphatic carbocycles. The summed E-state index contributed by atoms with van der Waals surface area (Å²) in [5.74, 6) is 0.181. The van der Waals surface area contributed by atoms with Gasteiger partial charge in [-0.05, 0) is 25.2 Å². The lowest BCUT2D eigenvalue weighted by Crippen LogP contribution is -2.42. The zero-order chi connectivity index (χ0) is 14.6. The van der Waals surface area contributed by atoms with E-state index in [1.807, 2.05) is 0 Å². The van der Waals surface area contributed by atoms with Crippen LogP contribution in [0.1, 0.15) is 44.9 Å². The molecule has 6 heteroatoms. The molecule has 112 valence electrons. The molecule has 1 aliphatic heterocycles. The molecule has 2 rings (SSSR count). The molecule has 1 atom stereocenters. The normalized spacial score (nSPS) is 28.2. The van der Waals surface area contributed by atoms with Crippen molar-refractivity contribution in [1.82, 2.24) is 5.32 Å². The van der Waals surface area contributed by atoms with Crippen molar-refractivity contribution in [1.29, 1.82) is 5.26 Å². The van der Waals surface area contributed by atoms with E-state index in [-0.39, 0.29) is 23.3 Å². The van der Waals surface area contributed by atoms with Gasteiger partial charge in [0.25, 0.3) is 0 Å². The number of sulfone groups is 1. The van der Waals surface area contributed by atoms with E-state index in [0.29, 0.717) is 25.8 Å². The molecule has 1 heterocycles. The molecule has 1 saturated heterocycles. The molecule has 0 aromatic rings. The molecule has 0 bridgehead atoms. The number of nitriles is 1. The number of nitrogens with one attached hydrogen (secondary N) is 1. The Morgan fingerprint density at radius 1 is 1.25 bits per heavy atom. The third-order valence-electron chi connectivity index (χ3n) is 4.48. The van der Waals surface area contributed by atoms with Gasteiger partial charge >= 0.3 is 0 Å². The maximum Gasteiger partial charge on any atom is 0.240 e. The minimum atomic E-state index is -2.91. The van der Waals surface area contributed by atoms with Crippen molar-refractivity contribution in [2.75, 3.05) is 18.1 Å². The fourth-order valence-electron chi connectivity index (χ4n) is 3.16. The van der Waals surface area contributed by atoms with Gasteiger partial charge in [0.1, 0.15) is 5.41 Å². The largest absolute Gasteiger partial charge is 0.354 e. The van der Waals surface area contributed by atoms with Gasteiger partial charge in [-0.3, -0.25) is 4.79 Å². The lowest BCUT2D eigenvalue weighted by atomic mass is 9.81. The Kier molecular flexibility index (Phi) is 4.69. The highest BCUT2D eigenvalue weighted by molar-refractivity contribution is 7.91. The van der Waals surface area contributed by atoms with E-state index in [1.165, 1.54) is 0 Å². The zero-order valence-electron chi connectivity index (χ0n) is 11.7. The third-order valence-corrected chi connectivity index (χ3v) is 6.32. The summed E-state index contributed by atoms with van der Waals surface area (Å²) >= 11 is 0. The van der Waals surface area contributed by atoms with E-state index < -0.39 is 15.3 Å². The van der Waals surface area contributed by atoms with Crippen LogP contribution in [0.4, 0.5) is 0 Å². The molecule has 0 aromatic carbocycles. The first-order chi connectivity index (χ1) is 9.47. The zero-order valence-corrected chi connectivity index (χ0v) is 12.5. The molecule has 1 saturated carbocycles. The number of carbonyl (C=O) groups excluding carboxylic acids is 1. The molecule has 2 aliphatic rings. The highest BCUT2D eigenvalue weighted by Crippen LogP contribution is 2.34. The van der Waals surface area contributed by atoms with E-state index in [9.17, 15) is 18.5 Å². The first-order valence-corrected chi connectivity index (χ1v) is 9.20. The second kappa shape index (κ2) is 6.13. The van der Waals surface area contributed by atoms with E-state index in [4.69, 9.17) is 0 Å². The van der Waals surface area contributed by atoms with Crippen molar-refractivity contribution >= 4 is 15.7 Å². The number of rotatable bonds is 3. The minimum absolute atomic E-state index is 0.00507. The Morgan fingerprint density at radius 3 is 2.40 bits per heavy atom. The van der Waals surface area contributed by atoms with Gasteiger partial charge in [-0.25, -0.2) is 8.42 Å². The standard InChI is InChI=1S/C14H22N2O3S/c15-11-14(6-3-1-2-4-7-14)13(17)16-9-12-5-8-20(18,19)10-12/h12H,1-10H2,(H,16,17). The van der Waals surface area contributed by atoms with Gasteiger partial charge in [0.2, 0.25) is 5.91 Å². The van der Waals surface area contributed by atoms with Gasteiger partial charge in [0, 0.05) is 6.54 Å². The first-order valence-electron chi connectivity index (χ1n) is 7.37. The number of carbonyl (C=O) groups is 1. The number of hydrogen-bond acceptors (Lipinski definition) is 4. The van der Waals surface area contributed by atoms with Gasteiger partial charge in [-0.1, -0.05) is 25.7 Å². The van der Waals surface area contributed by atoms with Crippen molar-refractivity contribution in [2.45, 2.75) is 44.9 Å². The molecule has 0 radical (unpaired) electrons. The van der Waals surface area contributed by atoms with Gasteiger partial charge in [-0.2, -0.15) is 5.26 Å². The van der Waals surface area contributed by atoms with Gasteiger partial charge in [0.15, 0.2) is 9.84 Å². The van der Waals surface area contributed by atoms with Crippen molar-refractivity contribution < 1.29 is 13.2 Å². The molecule has 0 aromatic heterocycles. The topological polar surface area (TPSA) is 87.0 Å². The van der Waals surface area contributed by atoms with Crippen LogP contribution in [0.25, 0.3) is 0 Å². The summed E-state index contributed by atoms with van der Waals surface area (Å²) in [5.41, 5.74) is -0.895. The van der Waals surface area contributed by atoms with Crippen molar-refractivity contribution in [3.63, 3.8) is 0 Å². The Morgan fingerprint density at radius 2 is 1.90 bits per heavy atom. The van der Waals surface area contributed by atoms with Crippen LogP contribution in [0, 0.1) is 22.7 Å². The van der Waals surface area contributed by atoms with Crippen LogP contribution in [0.2, 0.25) is 0 Å². The lowest BCUT2D eigenvalue weighted by Gasteiger charge is -2.24. The minimum Gasteiger partial charge on any atom is -0.354 e. The summed E-state index contributed by atoms with van der Waals surface area (Å²) in [6.45, 7) is 0.376. The number of hydrogen-bond donors (Lipinski definition) is 1. The highest BCUT2D eigenvalue weighted by Gasteiger charge is 2.39. The monoisotopic (exact) mass is 298 g/mol. The van der Waals surface area contributed by atoms with Gasteiger partial charge < -0.3 is 5.32 Å². The lowest BCUT2D eigenvalue weighted by molar-refractivity contribution is -0.128. The quantitative estimate of drug-likeness (QED) is 0.798. The molecule has 1 N–H and O–H groups in total. The van der Waals surface area contributed by atoms with Crippen LogP contribution in [0.15, 0.2) is 0 Å². The number of amides is 1. The Bertz CT molecular complexity index is 499. The molecular weight excluding hydrogens is 276 g/mol. The third kappa shape index (κ3) is 3.51. The summed E-state index contributed by atoms with van der Waals surface area (Å²) in [5, 5.41) is 12.2. The fourth-order valence-corrected chi connectivity index (χ4v) is 5.02. The molecule has 1 amide bonds. The van der Waals surface area contributed by atoms with Crippen LogP contribution < -0.4 is 5.32 Å². The predicted octanol–water partition coefficient (Wildman–Crippen LogP) is 1.40. The van der Waals surface area contributed by atoms with Gasteiger partial charge in [-0.15, -0.1) is 0 Å². The average molecular weight is 298 g/mol. The van der Waals surface area contributed by atoms with E-state index in [1.54, 1.807) is 0 Å². The Labute approximate surface area is 120 Å². The summed E-state index contributed by atoms with van der Waals surface area (Å²) in [6, 6.07) is 2.22. The fraction of sp³-hybridized carbons (Fsp3) is 0.857. The SMILES string of the molecule is N#CC1(C(=O)NCC2CCS(=O)(=O)C2)CCCCCC1. The van der Waals surface area contributed by atoms with Gasteiger partial charge in [0.05, 0.1) is 17.6 Å². The molecule has 1 unspecified atom stereocenters. The Hall–Kier alpha value is -1.09. The number of nitrogens with zero attached hydrogens (tertiary/aromatic N) is 1. The van der Waals surface area contributed by atoms with Crippen LogP contribution >= 0.6 is 0 Å². The molecule has 2 fully saturated rings. The summed E-state index contributed by atoms with van der Waals surface area (Å²) in [4.78, 5) is 12.3. The molecule has 0 spiro atoms. The van der Waals surface area contributed by atoms with E-state index >= 15 is 0 Å². The Balaban J connectivity index is 1.91. The van der Waals surface area contributed by atoms with Crippen LogP contribution in [-0.2, 0) is 14.6 Å². The average Bonchev–Trinajstić information content (AvgIpc) is 2.65. The second-order valence-electron chi connectivity index (χ2n) is 6.09. The van der Waals surface area contributed by atoms with Crippen molar-refractivity contribution in [2.24, 2.45) is 11.3 Å². The highest BCUT2D eigenvalue weighted by atomic mass is 32.2. The van der Waals surface area contributed by atoms with Crippen LogP contribution in [0.5, 0.6) is 0 Å². The van der Waals surface area contributed by atoms with E-state index in [0.717, 1.165) is 25.7 Å². The summed E-state index contributed by atoms with van der Waals surface area (Å²) in [7, 11) is -2.91. The van der Waals surface area contributed by atoms with Crippen molar-refractivity contribution in [3.05, 3.63) is 0 Å². The molecule has 20 heavy (non-hydrogen) atoms.